The minimum atomic E-state index is -3.99. The number of amides is 2. The van der Waals surface area contributed by atoms with Crippen LogP contribution in [0.1, 0.15) is 32.1 Å². The molecule has 4 rings (SSSR count). The van der Waals surface area contributed by atoms with Crippen molar-refractivity contribution in [3.8, 4) is 0 Å². The van der Waals surface area contributed by atoms with E-state index in [0.717, 1.165) is 22.2 Å². The molecule has 158 valence electrons. The molecule has 0 spiro atoms. The quantitative estimate of drug-likeness (QED) is 0.559. The third-order valence-corrected chi connectivity index (χ3v) is 8.34. The van der Waals surface area contributed by atoms with Crippen LogP contribution < -0.4 is 4.90 Å². The van der Waals surface area contributed by atoms with Gasteiger partial charge in [0.25, 0.3) is 5.91 Å². The van der Waals surface area contributed by atoms with E-state index in [-0.39, 0.29) is 17.4 Å². The molecule has 2 aliphatic rings. The van der Waals surface area contributed by atoms with Gasteiger partial charge in [0.1, 0.15) is 6.04 Å². The summed E-state index contributed by atoms with van der Waals surface area (Å²) >= 11 is 9.25. The number of benzene rings is 2. The molecule has 0 aromatic heterocycles. The number of anilines is 1. The summed E-state index contributed by atoms with van der Waals surface area (Å²) in [6.45, 7) is 0. The fourth-order valence-corrected chi connectivity index (χ4v) is 6.40. The number of carbonyl (C=O) groups is 2. The van der Waals surface area contributed by atoms with Crippen molar-refractivity contribution in [2.75, 3.05) is 4.90 Å². The van der Waals surface area contributed by atoms with Gasteiger partial charge in [0.05, 0.1) is 17.0 Å². The van der Waals surface area contributed by atoms with E-state index >= 15 is 0 Å². The van der Waals surface area contributed by atoms with Gasteiger partial charge in [-0.25, -0.2) is 13.3 Å². The summed E-state index contributed by atoms with van der Waals surface area (Å²) in [4.78, 5) is 27.2. The minimum absolute atomic E-state index is 0.0705. The summed E-state index contributed by atoms with van der Waals surface area (Å²) in [5.74, 6) is -0.909. The topological polar surface area (TPSA) is 74.8 Å². The Kier molecular flexibility index (Phi) is 6.03. The number of halogens is 2. The molecule has 1 aliphatic carbocycles. The van der Waals surface area contributed by atoms with Crippen LogP contribution in [0.25, 0.3) is 0 Å². The molecule has 2 amide bonds. The number of carbonyl (C=O) groups excluding carboxylic acids is 2. The molecule has 0 radical (unpaired) electrons. The van der Waals surface area contributed by atoms with Gasteiger partial charge in [0.15, 0.2) is 0 Å². The monoisotopic (exact) mass is 510 g/mol. The second-order valence-electron chi connectivity index (χ2n) is 7.49. The highest BCUT2D eigenvalue weighted by atomic mass is 79.9. The van der Waals surface area contributed by atoms with E-state index in [4.69, 9.17) is 11.6 Å². The molecule has 0 N–H and O–H groups in total. The maximum atomic E-state index is 13.6. The van der Waals surface area contributed by atoms with Gasteiger partial charge in [-0.3, -0.25) is 9.59 Å². The largest absolute Gasteiger partial charge is 0.274 e. The van der Waals surface area contributed by atoms with E-state index in [2.05, 4.69) is 15.9 Å². The number of rotatable bonds is 5. The van der Waals surface area contributed by atoms with Crippen LogP contribution in [0.5, 0.6) is 0 Å². The maximum Gasteiger partial charge on any atom is 0.252 e. The van der Waals surface area contributed by atoms with Crippen LogP contribution in [-0.4, -0.2) is 36.6 Å². The molecule has 1 saturated heterocycles. The number of hydrogen-bond donors (Lipinski definition) is 0. The van der Waals surface area contributed by atoms with E-state index in [9.17, 15) is 18.0 Å². The van der Waals surface area contributed by atoms with Crippen LogP contribution in [0, 0.1) is 0 Å². The Morgan fingerprint density at radius 2 is 1.57 bits per heavy atom. The van der Waals surface area contributed by atoms with Crippen molar-refractivity contribution in [2.45, 2.75) is 49.1 Å². The maximum absolute atomic E-state index is 13.6. The molecular formula is C21H20BrClN2O4S. The van der Waals surface area contributed by atoms with Crippen molar-refractivity contribution in [1.82, 2.24) is 4.31 Å². The van der Waals surface area contributed by atoms with Crippen LogP contribution in [0.4, 0.5) is 5.69 Å². The summed E-state index contributed by atoms with van der Waals surface area (Å²) in [7, 11) is -3.99. The smallest absolute Gasteiger partial charge is 0.252 e. The molecule has 2 aromatic carbocycles. The van der Waals surface area contributed by atoms with E-state index in [1.165, 1.54) is 28.6 Å². The lowest BCUT2D eigenvalue weighted by Gasteiger charge is -2.32. The Morgan fingerprint density at radius 1 is 0.967 bits per heavy atom. The SMILES string of the molecule is O=C1CC(N(C2CCCC2)S(=O)(=O)c2ccc(Cl)cc2)C(=O)N1c1ccc(Br)cc1. The number of sulfonamides is 1. The average Bonchev–Trinajstić information content (AvgIpc) is 3.32. The molecule has 30 heavy (non-hydrogen) atoms. The Hall–Kier alpha value is -1.74. The molecule has 2 aromatic rings. The Bertz CT molecular complexity index is 1070. The van der Waals surface area contributed by atoms with Crippen LogP contribution in [0.3, 0.4) is 0 Å². The minimum Gasteiger partial charge on any atom is -0.274 e. The van der Waals surface area contributed by atoms with Crippen molar-refractivity contribution in [3.05, 3.63) is 58.0 Å². The first-order valence-electron chi connectivity index (χ1n) is 9.70. The van der Waals surface area contributed by atoms with Crippen molar-refractivity contribution < 1.29 is 18.0 Å². The zero-order chi connectivity index (χ0) is 21.5. The predicted molar refractivity (Wildman–Crippen MR) is 118 cm³/mol. The highest BCUT2D eigenvalue weighted by Crippen LogP contribution is 2.36. The summed E-state index contributed by atoms with van der Waals surface area (Å²) in [6, 6.07) is 11.3. The number of imide groups is 1. The fraction of sp³-hybridized carbons (Fsp3) is 0.333. The lowest BCUT2D eigenvalue weighted by atomic mass is 10.2. The van der Waals surface area contributed by atoms with Crippen molar-refractivity contribution in [2.24, 2.45) is 0 Å². The average molecular weight is 512 g/mol. The van der Waals surface area contributed by atoms with Crippen molar-refractivity contribution >= 4 is 55.1 Å². The van der Waals surface area contributed by atoms with Gasteiger partial charge in [-0.15, -0.1) is 0 Å². The standard InChI is InChI=1S/C21H20BrClN2O4S/c22-14-5-9-16(10-6-14)24-20(26)13-19(21(24)27)25(17-3-1-2-4-17)30(28,29)18-11-7-15(23)8-12-18/h5-12,17,19H,1-4,13H2. The molecule has 1 aliphatic heterocycles. The summed E-state index contributed by atoms with van der Waals surface area (Å²) < 4.78 is 29.2. The molecule has 1 saturated carbocycles. The normalized spacial score (nSPS) is 20.5. The van der Waals surface area contributed by atoms with Gasteiger partial charge in [-0.2, -0.15) is 4.31 Å². The Morgan fingerprint density at radius 3 is 2.17 bits per heavy atom. The van der Waals surface area contributed by atoms with E-state index in [1.807, 2.05) is 0 Å². The van der Waals surface area contributed by atoms with Gasteiger partial charge < -0.3 is 0 Å². The highest BCUT2D eigenvalue weighted by molar-refractivity contribution is 9.10. The second kappa shape index (κ2) is 8.42. The Labute approximate surface area is 189 Å². The molecule has 2 fully saturated rings. The zero-order valence-corrected chi connectivity index (χ0v) is 19.2. The second-order valence-corrected chi connectivity index (χ2v) is 10.7. The van der Waals surface area contributed by atoms with Crippen molar-refractivity contribution in [1.29, 1.82) is 0 Å². The van der Waals surface area contributed by atoms with Gasteiger partial charge in [0.2, 0.25) is 15.9 Å². The molecule has 1 atom stereocenters. The molecule has 9 heteroatoms. The molecule has 1 unspecified atom stereocenters. The predicted octanol–water partition coefficient (Wildman–Crippen LogP) is 4.37. The Balaban J connectivity index is 1.73. The lowest BCUT2D eigenvalue weighted by Crippen LogP contribution is -2.49. The molecular weight excluding hydrogens is 492 g/mol. The van der Waals surface area contributed by atoms with E-state index in [1.54, 1.807) is 24.3 Å². The van der Waals surface area contributed by atoms with Crippen LogP contribution >= 0.6 is 27.5 Å². The van der Waals surface area contributed by atoms with Crippen molar-refractivity contribution in [3.63, 3.8) is 0 Å². The number of hydrogen-bond acceptors (Lipinski definition) is 4. The summed E-state index contributed by atoms with van der Waals surface area (Å²) in [5.41, 5.74) is 0.436. The van der Waals surface area contributed by atoms with E-state index < -0.39 is 27.9 Å². The summed E-state index contributed by atoms with van der Waals surface area (Å²) in [6.07, 6.45) is 2.95. The van der Waals surface area contributed by atoms with Crippen LogP contribution in [0.15, 0.2) is 57.9 Å². The highest BCUT2D eigenvalue weighted by Gasteiger charge is 2.49. The zero-order valence-electron chi connectivity index (χ0n) is 16.0. The molecule has 1 heterocycles. The summed E-state index contributed by atoms with van der Waals surface area (Å²) in [5, 5.41) is 0.426. The fourth-order valence-electron chi connectivity index (χ4n) is 4.18. The first kappa shape index (κ1) is 21.5. The molecule has 6 nitrogen and oxygen atoms in total. The van der Waals surface area contributed by atoms with Crippen LogP contribution in [-0.2, 0) is 19.6 Å². The van der Waals surface area contributed by atoms with Crippen LogP contribution in [0.2, 0.25) is 5.02 Å². The number of nitrogens with zero attached hydrogens (tertiary/aromatic N) is 2. The third kappa shape index (κ3) is 3.93. The van der Waals surface area contributed by atoms with Gasteiger partial charge >= 0.3 is 0 Å². The van der Waals surface area contributed by atoms with E-state index in [0.29, 0.717) is 23.6 Å². The van der Waals surface area contributed by atoms with Gasteiger partial charge in [0, 0.05) is 15.5 Å². The first-order valence-corrected chi connectivity index (χ1v) is 12.3. The lowest BCUT2D eigenvalue weighted by molar-refractivity contribution is -0.122. The third-order valence-electron chi connectivity index (χ3n) is 5.59. The van der Waals surface area contributed by atoms with Gasteiger partial charge in [-0.05, 0) is 61.4 Å². The van der Waals surface area contributed by atoms with Gasteiger partial charge in [-0.1, -0.05) is 40.4 Å². The first-order chi connectivity index (χ1) is 14.3. The molecule has 0 bridgehead atoms.